The van der Waals surface area contributed by atoms with Crippen molar-refractivity contribution in [3.05, 3.63) is 41.5 Å². The minimum atomic E-state index is -0.864. The fourth-order valence-corrected chi connectivity index (χ4v) is 3.84. The van der Waals surface area contributed by atoms with Gasteiger partial charge in [0.1, 0.15) is 0 Å². The largest absolute Gasteiger partial charge is 0.481 e. The first-order chi connectivity index (χ1) is 12.0. The van der Waals surface area contributed by atoms with E-state index in [0.717, 1.165) is 13.1 Å². The molecule has 0 bridgehead atoms. The first kappa shape index (κ1) is 17.5. The molecule has 0 spiro atoms. The summed E-state index contributed by atoms with van der Waals surface area (Å²) in [6.07, 6.45) is 4.80. The molecular formula is C20H26N2O3. The molecule has 0 aromatic heterocycles. The van der Waals surface area contributed by atoms with Crippen molar-refractivity contribution in [2.75, 3.05) is 31.1 Å². The Morgan fingerprint density at radius 2 is 1.64 bits per heavy atom. The van der Waals surface area contributed by atoms with Crippen molar-refractivity contribution in [2.45, 2.75) is 26.7 Å². The number of rotatable bonds is 3. The van der Waals surface area contributed by atoms with E-state index in [1.165, 1.54) is 16.8 Å². The van der Waals surface area contributed by atoms with Crippen LogP contribution in [0.1, 0.15) is 24.0 Å². The lowest BCUT2D eigenvalue weighted by Gasteiger charge is -2.39. The Hall–Kier alpha value is -2.30. The zero-order chi connectivity index (χ0) is 18.0. The van der Waals surface area contributed by atoms with Gasteiger partial charge in [-0.2, -0.15) is 0 Å². The number of carbonyl (C=O) groups excluding carboxylic acids is 1. The van der Waals surface area contributed by atoms with Crippen LogP contribution in [0.5, 0.6) is 0 Å². The molecule has 5 heteroatoms. The second kappa shape index (κ2) is 7.30. The Kier molecular flexibility index (Phi) is 5.11. The number of carboxylic acid groups (broad SMARTS) is 1. The molecule has 2 aliphatic rings. The van der Waals surface area contributed by atoms with Gasteiger partial charge >= 0.3 is 5.97 Å². The highest BCUT2D eigenvalue weighted by molar-refractivity contribution is 5.85. The zero-order valence-corrected chi connectivity index (χ0v) is 14.9. The lowest BCUT2D eigenvalue weighted by molar-refractivity contribution is -0.150. The number of carbonyl (C=O) groups is 2. The van der Waals surface area contributed by atoms with E-state index in [9.17, 15) is 14.7 Å². The summed E-state index contributed by atoms with van der Waals surface area (Å²) in [6, 6.07) is 6.31. The van der Waals surface area contributed by atoms with Crippen LogP contribution >= 0.6 is 0 Å². The molecule has 0 unspecified atom stereocenters. The summed E-state index contributed by atoms with van der Waals surface area (Å²) in [5, 5.41) is 9.39. The van der Waals surface area contributed by atoms with Crippen LogP contribution in [0, 0.1) is 25.7 Å². The molecule has 1 fully saturated rings. The third-order valence-corrected chi connectivity index (χ3v) is 5.57. The highest BCUT2D eigenvalue weighted by atomic mass is 16.4. The topological polar surface area (TPSA) is 60.9 Å². The Morgan fingerprint density at radius 1 is 1.00 bits per heavy atom. The maximum Gasteiger partial charge on any atom is 0.307 e. The third-order valence-electron chi connectivity index (χ3n) is 5.57. The molecule has 0 saturated carbocycles. The number of allylic oxidation sites excluding steroid dienone is 2. The fourth-order valence-electron chi connectivity index (χ4n) is 3.84. The molecular weight excluding hydrogens is 316 g/mol. The molecule has 2 atom stereocenters. The van der Waals surface area contributed by atoms with Gasteiger partial charge in [0, 0.05) is 31.9 Å². The van der Waals surface area contributed by atoms with Gasteiger partial charge in [-0.1, -0.05) is 24.3 Å². The van der Waals surface area contributed by atoms with Gasteiger partial charge in [0.05, 0.1) is 11.8 Å². The lowest BCUT2D eigenvalue weighted by atomic mass is 9.82. The predicted molar refractivity (Wildman–Crippen MR) is 97.7 cm³/mol. The van der Waals surface area contributed by atoms with Crippen LogP contribution in [-0.4, -0.2) is 48.1 Å². The summed E-state index contributed by atoms with van der Waals surface area (Å²) in [5.74, 6) is -1.88. The second-order valence-corrected chi connectivity index (χ2v) is 7.03. The van der Waals surface area contributed by atoms with Crippen LogP contribution in [0.25, 0.3) is 0 Å². The van der Waals surface area contributed by atoms with Crippen LogP contribution in [0.15, 0.2) is 30.4 Å². The van der Waals surface area contributed by atoms with Gasteiger partial charge in [-0.25, -0.2) is 0 Å². The van der Waals surface area contributed by atoms with E-state index >= 15 is 0 Å². The number of anilines is 1. The summed E-state index contributed by atoms with van der Waals surface area (Å²) >= 11 is 0. The van der Waals surface area contributed by atoms with Crippen molar-refractivity contribution in [1.82, 2.24) is 4.90 Å². The quantitative estimate of drug-likeness (QED) is 0.858. The predicted octanol–water partition coefficient (Wildman–Crippen LogP) is 2.62. The van der Waals surface area contributed by atoms with Gasteiger partial charge in [-0.05, 0) is 43.9 Å². The van der Waals surface area contributed by atoms with Gasteiger partial charge in [0.25, 0.3) is 0 Å². The van der Waals surface area contributed by atoms with Crippen LogP contribution in [0.3, 0.4) is 0 Å². The van der Waals surface area contributed by atoms with E-state index < -0.39 is 17.8 Å². The van der Waals surface area contributed by atoms with Gasteiger partial charge in [0.2, 0.25) is 5.91 Å². The van der Waals surface area contributed by atoms with E-state index in [0.29, 0.717) is 25.9 Å². The van der Waals surface area contributed by atoms with Gasteiger partial charge in [-0.3, -0.25) is 9.59 Å². The zero-order valence-electron chi connectivity index (χ0n) is 14.9. The smallest absolute Gasteiger partial charge is 0.307 e. The van der Waals surface area contributed by atoms with Crippen LogP contribution in [-0.2, 0) is 9.59 Å². The first-order valence-corrected chi connectivity index (χ1v) is 8.97. The average molecular weight is 342 g/mol. The van der Waals surface area contributed by atoms with E-state index in [1.807, 2.05) is 17.1 Å². The van der Waals surface area contributed by atoms with Crippen LogP contribution < -0.4 is 4.90 Å². The van der Waals surface area contributed by atoms with Gasteiger partial charge in [0.15, 0.2) is 0 Å². The molecule has 0 radical (unpaired) electrons. The minimum Gasteiger partial charge on any atom is -0.481 e. The monoisotopic (exact) mass is 342 g/mol. The van der Waals surface area contributed by atoms with Crippen molar-refractivity contribution >= 4 is 17.6 Å². The Bertz CT molecular complexity index is 690. The SMILES string of the molecule is Cc1cccc(N2CCN(C(=O)[C@@H]3CC=CC[C@@H]3C(=O)O)CC2)c1C. The lowest BCUT2D eigenvalue weighted by Crippen LogP contribution is -2.52. The molecule has 1 aromatic rings. The highest BCUT2D eigenvalue weighted by Crippen LogP contribution is 2.29. The standard InChI is InChI=1S/C20H26N2O3/c1-14-6-5-9-18(15(14)2)21-10-12-22(13-11-21)19(23)16-7-3-4-8-17(16)20(24)25/h3-6,9,16-17H,7-8,10-13H2,1-2H3,(H,24,25)/t16-,17+/m1/s1. The van der Waals surface area contributed by atoms with E-state index in [1.54, 1.807) is 0 Å². The summed E-state index contributed by atoms with van der Waals surface area (Å²) < 4.78 is 0. The van der Waals surface area contributed by atoms with Crippen molar-refractivity contribution in [1.29, 1.82) is 0 Å². The number of aliphatic carboxylic acids is 1. The van der Waals surface area contributed by atoms with Gasteiger partial charge < -0.3 is 14.9 Å². The highest BCUT2D eigenvalue weighted by Gasteiger charge is 2.37. The fraction of sp³-hybridized carbons (Fsp3) is 0.500. The van der Waals surface area contributed by atoms with E-state index in [2.05, 4.69) is 36.9 Å². The molecule has 134 valence electrons. The van der Waals surface area contributed by atoms with Gasteiger partial charge in [-0.15, -0.1) is 0 Å². The number of hydrogen-bond donors (Lipinski definition) is 1. The second-order valence-electron chi connectivity index (χ2n) is 7.03. The normalized spacial score (nSPS) is 23.6. The Balaban J connectivity index is 1.65. The van der Waals surface area contributed by atoms with Crippen molar-refractivity contribution < 1.29 is 14.7 Å². The minimum absolute atomic E-state index is 0.00244. The number of carboxylic acids is 1. The molecule has 1 aliphatic heterocycles. The third kappa shape index (κ3) is 3.55. The van der Waals surface area contributed by atoms with Crippen LogP contribution in [0.4, 0.5) is 5.69 Å². The number of amides is 1. The maximum atomic E-state index is 12.8. The Morgan fingerprint density at radius 3 is 2.28 bits per heavy atom. The van der Waals surface area contributed by atoms with E-state index in [-0.39, 0.29) is 5.91 Å². The molecule has 25 heavy (non-hydrogen) atoms. The van der Waals surface area contributed by atoms with Crippen molar-refractivity contribution in [2.24, 2.45) is 11.8 Å². The Labute approximate surface area is 148 Å². The van der Waals surface area contributed by atoms with Crippen molar-refractivity contribution in [3.63, 3.8) is 0 Å². The number of benzene rings is 1. The molecule has 1 N–H and O–H groups in total. The summed E-state index contributed by atoms with van der Waals surface area (Å²) in [6.45, 7) is 7.12. The molecule has 1 heterocycles. The van der Waals surface area contributed by atoms with Crippen molar-refractivity contribution in [3.8, 4) is 0 Å². The maximum absolute atomic E-state index is 12.8. The molecule has 3 rings (SSSR count). The number of aryl methyl sites for hydroxylation is 1. The number of nitrogens with zero attached hydrogens (tertiary/aromatic N) is 2. The molecule has 1 saturated heterocycles. The number of hydrogen-bond acceptors (Lipinski definition) is 3. The molecule has 1 aliphatic carbocycles. The molecule has 1 aromatic carbocycles. The van der Waals surface area contributed by atoms with E-state index in [4.69, 9.17) is 0 Å². The number of piperazine rings is 1. The first-order valence-electron chi connectivity index (χ1n) is 8.97. The average Bonchev–Trinajstić information content (AvgIpc) is 2.63. The summed E-state index contributed by atoms with van der Waals surface area (Å²) in [4.78, 5) is 28.5. The summed E-state index contributed by atoms with van der Waals surface area (Å²) in [5.41, 5.74) is 3.79. The molecule has 1 amide bonds. The summed E-state index contributed by atoms with van der Waals surface area (Å²) in [7, 11) is 0. The van der Waals surface area contributed by atoms with Crippen LogP contribution in [0.2, 0.25) is 0 Å². The molecule has 5 nitrogen and oxygen atoms in total.